The van der Waals surface area contributed by atoms with E-state index in [0.29, 0.717) is 22.6 Å². The zero-order valence-electron chi connectivity index (χ0n) is 10.8. The second-order valence-corrected chi connectivity index (χ2v) is 4.99. The van der Waals surface area contributed by atoms with Gasteiger partial charge in [0.25, 0.3) is 0 Å². The van der Waals surface area contributed by atoms with Crippen molar-refractivity contribution in [3.05, 3.63) is 45.6 Å². The summed E-state index contributed by atoms with van der Waals surface area (Å²) in [7, 11) is 0. The molecule has 0 aliphatic heterocycles. The number of aromatic nitrogens is 3. The number of fused-ring (bicyclic) bond motifs is 1. The number of rotatable bonds is 2. The number of benzene rings is 1. The van der Waals surface area contributed by atoms with Gasteiger partial charge in [-0.15, -0.1) is 0 Å². The normalized spacial score (nSPS) is 11.4. The van der Waals surface area contributed by atoms with Gasteiger partial charge in [0.05, 0.1) is 17.8 Å². The number of H-pyrrole nitrogens is 1. The van der Waals surface area contributed by atoms with Gasteiger partial charge in [0.1, 0.15) is 17.1 Å². The lowest BCUT2D eigenvalue weighted by molar-refractivity contribution is 0.392. The third-order valence-electron chi connectivity index (χ3n) is 3.30. The third kappa shape index (κ3) is 1.94. The molecule has 3 aromatic rings. The summed E-state index contributed by atoms with van der Waals surface area (Å²) in [6.07, 6.45) is 0. The van der Waals surface area contributed by atoms with Crippen molar-refractivity contribution in [2.45, 2.75) is 20.4 Å². The number of hydrogen-bond donors (Lipinski definition) is 1. The van der Waals surface area contributed by atoms with Gasteiger partial charge >= 0.3 is 0 Å². The zero-order valence-corrected chi connectivity index (χ0v) is 11.6. The quantitative estimate of drug-likeness (QED) is 0.734. The lowest BCUT2D eigenvalue weighted by Gasteiger charge is -2.04. The molecular formula is C13H11F2N3OS. The first-order valence-corrected chi connectivity index (χ1v) is 6.37. The first kappa shape index (κ1) is 13.0. The molecule has 2 heterocycles. The molecule has 7 heteroatoms. The second-order valence-electron chi connectivity index (χ2n) is 4.60. The Labute approximate surface area is 118 Å². The van der Waals surface area contributed by atoms with Crippen LogP contribution in [0.5, 0.6) is 0 Å². The molecule has 0 unspecified atom stereocenters. The van der Waals surface area contributed by atoms with Crippen molar-refractivity contribution in [1.82, 2.24) is 14.7 Å². The Balaban J connectivity index is 2.22. The fourth-order valence-electron chi connectivity index (χ4n) is 2.22. The average Bonchev–Trinajstić information content (AvgIpc) is 2.85. The van der Waals surface area contributed by atoms with Crippen LogP contribution in [-0.4, -0.2) is 14.7 Å². The second kappa shape index (κ2) is 4.52. The van der Waals surface area contributed by atoms with Gasteiger partial charge in [-0.3, -0.25) is 0 Å². The minimum Gasteiger partial charge on any atom is -0.361 e. The van der Waals surface area contributed by atoms with Crippen molar-refractivity contribution in [2.24, 2.45) is 0 Å². The maximum absolute atomic E-state index is 13.7. The van der Waals surface area contributed by atoms with Crippen LogP contribution < -0.4 is 0 Å². The SMILES string of the molecule is Cc1noc(C)c1Cn1c(=S)[nH]c2c(F)cc(F)cc21. The van der Waals surface area contributed by atoms with Crippen LogP contribution in [0.4, 0.5) is 8.78 Å². The van der Waals surface area contributed by atoms with Gasteiger partial charge in [0.15, 0.2) is 10.6 Å². The molecule has 1 aromatic carbocycles. The number of aryl methyl sites for hydroxylation is 2. The van der Waals surface area contributed by atoms with Crippen molar-refractivity contribution in [1.29, 1.82) is 0 Å². The predicted octanol–water partition coefficient (Wildman–Crippen LogP) is 3.63. The van der Waals surface area contributed by atoms with Crippen LogP contribution in [0.2, 0.25) is 0 Å². The summed E-state index contributed by atoms with van der Waals surface area (Å²) in [5, 5.41) is 3.86. The largest absolute Gasteiger partial charge is 0.361 e. The standard InChI is InChI=1S/C13H11F2N3OS/c1-6-9(7(2)19-17-6)5-18-11-4-8(14)3-10(15)12(11)16-13(18)20/h3-4H,5H2,1-2H3,(H,16,20). The smallest absolute Gasteiger partial charge is 0.178 e. The molecule has 0 bridgehead atoms. The van der Waals surface area contributed by atoms with E-state index < -0.39 is 11.6 Å². The van der Waals surface area contributed by atoms with Gasteiger partial charge in [-0.25, -0.2) is 8.78 Å². The maximum atomic E-state index is 13.7. The highest BCUT2D eigenvalue weighted by molar-refractivity contribution is 7.71. The van der Waals surface area contributed by atoms with E-state index in [1.54, 1.807) is 11.5 Å². The summed E-state index contributed by atoms with van der Waals surface area (Å²) in [6, 6.07) is 2.08. The molecule has 0 radical (unpaired) electrons. The summed E-state index contributed by atoms with van der Waals surface area (Å²) >= 11 is 5.18. The van der Waals surface area contributed by atoms with Crippen LogP contribution in [-0.2, 0) is 6.54 Å². The van der Waals surface area contributed by atoms with E-state index in [2.05, 4.69) is 10.1 Å². The first-order chi connectivity index (χ1) is 9.47. The summed E-state index contributed by atoms with van der Waals surface area (Å²) in [5.41, 5.74) is 2.16. The molecule has 0 aliphatic rings. The third-order valence-corrected chi connectivity index (χ3v) is 3.62. The fourth-order valence-corrected chi connectivity index (χ4v) is 2.49. The number of hydrogen-bond acceptors (Lipinski definition) is 3. The molecule has 0 spiro atoms. The Morgan fingerprint density at radius 3 is 2.75 bits per heavy atom. The monoisotopic (exact) mass is 295 g/mol. The molecule has 1 N–H and O–H groups in total. The van der Waals surface area contributed by atoms with Crippen molar-refractivity contribution < 1.29 is 13.3 Å². The molecule has 0 saturated heterocycles. The molecule has 0 amide bonds. The maximum Gasteiger partial charge on any atom is 0.178 e. The van der Waals surface area contributed by atoms with Crippen LogP contribution >= 0.6 is 12.2 Å². The zero-order chi connectivity index (χ0) is 14.4. The van der Waals surface area contributed by atoms with Crippen molar-refractivity contribution in [3.63, 3.8) is 0 Å². The van der Waals surface area contributed by atoms with Gasteiger partial charge < -0.3 is 14.1 Å². The Morgan fingerprint density at radius 1 is 1.35 bits per heavy atom. The summed E-state index contributed by atoms with van der Waals surface area (Å²) in [6.45, 7) is 3.95. The van der Waals surface area contributed by atoms with Crippen LogP contribution in [0.25, 0.3) is 11.0 Å². The Kier molecular flexibility index (Phi) is 2.93. The van der Waals surface area contributed by atoms with Gasteiger partial charge in [-0.1, -0.05) is 5.16 Å². The highest BCUT2D eigenvalue weighted by Crippen LogP contribution is 2.22. The van der Waals surface area contributed by atoms with Crippen LogP contribution in [0, 0.1) is 30.3 Å². The van der Waals surface area contributed by atoms with E-state index in [1.807, 2.05) is 6.92 Å². The van der Waals surface area contributed by atoms with Gasteiger partial charge in [-0.05, 0) is 32.1 Å². The first-order valence-electron chi connectivity index (χ1n) is 5.96. The minimum atomic E-state index is -0.663. The van der Waals surface area contributed by atoms with E-state index in [0.717, 1.165) is 17.3 Å². The van der Waals surface area contributed by atoms with E-state index in [4.69, 9.17) is 16.7 Å². The van der Waals surface area contributed by atoms with Crippen LogP contribution in [0.1, 0.15) is 17.0 Å². The molecule has 3 rings (SSSR count). The number of aromatic amines is 1. The Hall–Kier alpha value is -2.02. The highest BCUT2D eigenvalue weighted by Gasteiger charge is 2.15. The van der Waals surface area contributed by atoms with Gasteiger partial charge in [0.2, 0.25) is 0 Å². The number of nitrogens with zero attached hydrogens (tertiary/aromatic N) is 2. The predicted molar refractivity (Wildman–Crippen MR) is 72.1 cm³/mol. The lowest BCUT2D eigenvalue weighted by atomic mass is 10.2. The van der Waals surface area contributed by atoms with Gasteiger partial charge in [-0.2, -0.15) is 0 Å². The average molecular weight is 295 g/mol. The van der Waals surface area contributed by atoms with Crippen LogP contribution in [0.15, 0.2) is 16.7 Å². The summed E-state index contributed by atoms with van der Waals surface area (Å²) in [5.74, 6) is -0.643. The van der Waals surface area contributed by atoms with Gasteiger partial charge in [0, 0.05) is 11.6 Å². The topological polar surface area (TPSA) is 46.8 Å². The highest BCUT2D eigenvalue weighted by atomic mass is 32.1. The molecule has 0 atom stereocenters. The lowest BCUT2D eigenvalue weighted by Crippen LogP contribution is -2.02. The van der Waals surface area contributed by atoms with Crippen molar-refractivity contribution in [3.8, 4) is 0 Å². The fraction of sp³-hybridized carbons (Fsp3) is 0.231. The minimum absolute atomic E-state index is 0.197. The molecule has 20 heavy (non-hydrogen) atoms. The molecule has 104 valence electrons. The molecular weight excluding hydrogens is 284 g/mol. The van der Waals surface area contributed by atoms with E-state index in [-0.39, 0.29) is 5.52 Å². The molecule has 0 saturated carbocycles. The summed E-state index contributed by atoms with van der Waals surface area (Å²) in [4.78, 5) is 2.76. The number of imidazole rings is 1. The van der Waals surface area contributed by atoms with E-state index >= 15 is 0 Å². The van der Waals surface area contributed by atoms with E-state index in [9.17, 15) is 8.78 Å². The van der Waals surface area contributed by atoms with E-state index in [1.165, 1.54) is 6.07 Å². The molecule has 0 fully saturated rings. The molecule has 4 nitrogen and oxygen atoms in total. The molecule has 0 aliphatic carbocycles. The summed E-state index contributed by atoms with van der Waals surface area (Å²) < 4.78 is 34.1. The number of nitrogens with one attached hydrogen (secondary N) is 1. The van der Waals surface area contributed by atoms with Crippen molar-refractivity contribution >= 4 is 23.3 Å². The van der Waals surface area contributed by atoms with Crippen LogP contribution in [0.3, 0.4) is 0 Å². The Bertz CT molecular complexity index is 843. The number of halogens is 2. The Morgan fingerprint density at radius 2 is 2.10 bits per heavy atom. The molecule has 2 aromatic heterocycles. The van der Waals surface area contributed by atoms with Crippen molar-refractivity contribution in [2.75, 3.05) is 0 Å².